The summed E-state index contributed by atoms with van der Waals surface area (Å²) in [6.07, 6.45) is 1.73. The molecule has 0 aliphatic heterocycles. The molecule has 11 nitrogen and oxygen atoms in total. The van der Waals surface area contributed by atoms with E-state index in [2.05, 4.69) is 36.0 Å². The van der Waals surface area contributed by atoms with Gasteiger partial charge in [0.1, 0.15) is 29.5 Å². The van der Waals surface area contributed by atoms with Gasteiger partial charge < -0.3 is 20.7 Å². The summed E-state index contributed by atoms with van der Waals surface area (Å²) < 4.78 is 59.6. The second-order valence-electron chi connectivity index (χ2n) is 10.2. The number of aromatic nitrogens is 5. The van der Waals surface area contributed by atoms with E-state index in [-0.39, 0.29) is 37.2 Å². The SMILES string of the molecule is Cn1nc(OC(F)F)cc1Nc1nncn1[C@H]1CCc2sc(NC(=O)[C@H]3C[C@@H]3F)c(C(=O)NC3CC(F)C3)c2C1. The monoisotopic (exact) mass is 582 g/mol. The summed E-state index contributed by atoms with van der Waals surface area (Å²) >= 11 is 1.30. The van der Waals surface area contributed by atoms with Crippen LogP contribution in [-0.2, 0) is 24.7 Å². The fourth-order valence-corrected chi connectivity index (χ4v) is 6.36. The number of alkyl halides is 4. The zero-order valence-corrected chi connectivity index (χ0v) is 22.1. The number of fused-ring (bicyclic) bond motifs is 1. The predicted octanol–water partition coefficient (Wildman–Crippen LogP) is 3.67. The van der Waals surface area contributed by atoms with E-state index in [1.165, 1.54) is 28.4 Å². The van der Waals surface area contributed by atoms with Crippen molar-refractivity contribution in [3.8, 4) is 5.88 Å². The number of aryl methyl sites for hydroxylation is 2. The first-order valence-electron chi connectivity index (χ1n) is 12.9. The van der Waals surface area contributed by atoms with Crippen LogP contribution < -0.4 is 20.7 Å². The summed E-state index contributed by atoms with van der Waals surface area (Å²) in [6, 6.07) is 0.841. The lowest BCUT2D eigenvalue weighted by Gasteiger charge is -2.31. The number of thiophene rings is 1. The molecule has 40 heavy (non-hydrogen) atoms. The molecule has 0 aromatic carbocycles. The van der Waals surface area contributed by atoms with Gasteiger partial charge in [-0.25, -0.2) is 13.5 Å². The number of hydrogen-bond acceptors (Lipinski definition) is 8. The second-order valence-corrected chi connectivity index (χ2v) is 11.4. The fourth-order valence-electron chi connectivity index (χ4n) is 5.12. The summed E-state index contributed by atoms with van der Waals surface area (Å²) in [5.41, 5.74) is 1.07. The van der Waals surface area contributed by atoms with Crippen molar-refractivity contribution in [1.82, 2.24) is 29.9 Å². The normalized spacial score (nSPS) is 25.2. The number of hydrogen-bond donors (Lipinski definition) is 3. The van der Waals surface area contributed by atoms with Crippen LogP contribution in [0, 0.1) is 5.92 Å². The molecule has 3 aromatic rings. The van der Waals surface area contributed by atoms with Gasteiger partial charge in [0.2, 0.25) is 17.7 Å². The Morgan fingerprint density at radius 3 is 2.70 bits per heavy atom. The second kappa shape index (κ2) is 10.4. The Morgan fingerprint density at radius 1 is 1.23 bits per heavy atom. The third kappa shape index (κ3) is 5.23. The van der Waals surface area contributed by atoms with E-state index in [9.17, 15) is 27.2 Å². The molecule has 0 saturated heterocycles. The first kappa shape index (κ1) is 26.5. The number of anilines is 3. The predicted molar refractivity (Wildman–Crippen MR) is 136 cm³/mol. The molecular weight excluding hydrogens is 556 g/mol. The quantitative estimate of drug-likeness (QED) is 0.329. The molecule has 3 aliphatic rings. The Morgan fingerprint density at radius 2 is 2.00 bits per heavy atom. The molecule has 0 radical (unpaired) electrons. The third-order valence-corrected chi connectivity index (χ3v) is 8.64. The van der Waals surface area contributed by atoms with Gasteiger partial charge in [0.15, 0.2) is 0 Å². The van der Waals surface area contributed by atoms with E-state index < -0.39 is 36.7 Å². The molecule has 0 bridgehead atoms. The lowest BCUT2D eigenvalue weighted by atomic mass is 9.89. The van der Waals surface area contributed by atoms with Gasteiger partial charge in [-0.05, 0) is 44.1 Å². The Bertz CT molecular complexity index is 1440. The van der Waals surface area contributed by atoms with Crippen LogP contribution in [0.4, 0.5) is 34.3 Å². The number of halogens is 4. The average molecular weight is 583 g/mol. The Kier molecular flexibility index (Phi) is 6.88. The van der Waals surface area contributed by atoms with E-state index in [1.807, 2.05) is 0 Å². The zero-order chi connectivity index (χ0) is 28.1. The van der Waals surface area contributed by atoms with Crippen molar-refractivity contribution >= 4 is 39.9 Å². The highest BCUT2D eigenvalue weighted by atomic mass is 32.1. The van der Waals surface area contributed by atoms with Gasteiger partial charge in [-0.2, -0.15) is 8.78 Å². The molecule has 3 aromatic heterocycles. The zero-order valence-electron chi connectivity index (χ0n) is 21.2. The van der Waals surface area contributed by atoms with Crippen LogP contribution in [-0.4, -0.2) is 61.4 Å². The van der Waals surface area contributed by atoms with E-state index in [0.29, 0.717) is 41.6 Å². The van der Waals surface area contributed by atoms with Crippen molar-refractivity contribution in [2.24, 2.45) is 13.0 Å². The smallest absolute Gasteiger partial charge is 0.388 e. The van der Waals surface area contributed by atoms with Gasteiger partial charge in [-0.3, -0.25) is 14.2 Å². The maximum Gasteiger partial charge on any atom is 0.388 e. The minimum absolute atomic E-state index is 0.163. The highest BCUT2D eigenvalue weighted by molar-refractivity contribution is 7.17. The van der Waals surface area contributed by atoms with Crippen LogP contribution in [0.5, 0.6) is 5.88 Å². The molecule has 3 aliphatic carbocycles. The molecule has 2 fully saturated rings. The maximum atomic E-state index is 13.5. The van der Waals surface area contributed by atoms with E-state index in [4.69, 9.17) is 0 Å². The number of carbonyl (C=O) groups is 2. The van der Waals surface area contributed by atoms with Crippen LogP contribution in [0.15, 0.2) is 12.4 Å². The molecule has 16 heteroatoms. The standard InChI is InChI=1S/C24H26F4N8O3S/c1-35-17(8-18(34-35)39-23(27)28)31-24-33-29-9-36(24)12-2-3-16-14(6-12)19(21(38)30-11-4-10(25)5-11)22(40-16)32-20(37)13-7-15(13)26/h8-13,15,23H,2-7H2,1H3,(H,30,38)(H,31,33)(H,32,37)/t10?,11?,12-,13-,15-/m0/s1. The minimum atomic E-state index is -3.01. The van der Waals surface area contributed by atoms with Crippen molar-refractivity contribution in [2.45, 2.75) is 69.6 Å². The first-order chi connectivity index (χ1) is 19.2. The van der Waals surface area contributed by atoms with Gasteiger partial charge in [-0.15, -0.1) is 26.6 Å². The van der Waals surface area contributed by atoms with Crippen molar-refractivity contribution in [2.75, 3.05) is 10.6 Å². The number of nitrogens with zero attached hydrogens (tertiary/aromatic N) is 5. The number of ether oxygens (including phenoxy) is 1. The number of nitrogens with one attached hydrogen (secondary N) is 3. The van der Waals surface area contributed by atoms with Gasteiger partial charge in [0, 0.05) is 30.1 Å². The number of amides is 2. The Labute approximate surface area is 229 Å². The van der Waals surface area contributed by atoms with Gasteiger partial charge in [-0.1, -0.05) is 0 Å². The minimum Gasteiger partial charge on any atom is -0.415 e. The molecule has 2 saturated carbocycles. The van der Waals surface area contributed by atoms with Crippen molar-refractivity contribution < 1.29 is 31.9 Å². The Balaban J connectivity index is 1.25. The van der Waals surface area contributed by atoms with Crippen LogP contribution in [0.25, 0.3) is 0 Å². The van der Waals surface area contributed by atoms with E-state index in [1.54, 1.807) is 11.6 Å². The van der Waals surface area contributed by atoms with Crippen LogP contribution >= 0.6 is 11.3 Å². The van der Waals surface area contributed by atoms with Crippen molar-refractivity contribution in [3.63, 3.8) is 0 Å². The molecule has 6 rings (SSSR count). The highest BCUT2D eigenvalue weighted by Crippen LogP contribution is 2.43. The molecule has 2 amide bonds. The molecule has 0 spiro atoms. The third-order valence-electron chi connectivity index (χ3n) is 7.44. The van der Waals surface area contributed by atoms with E-state index in [0.717, 1.165) is 10.4 Å². The molecule has 3 heterocycles. The molecule has 3 N–H and O–H groups in total. The number of carbonyl (C=O) groups excluding carboxylic acids is 2. The van der Waals surface area contributed by atoms with Crippen molar-refractivity contribution in [3.05, 3.63) is 28.4 Å². The highest BCUT2D eigenvalue weighted by Gasteiger charge is 2.44. The van der Waals surface area contributed by atoms with Crippen molar-refractivity contribution in [1.29, 1.82) is 0 Å². The summed E-state index contributed by atoms with van der Waals surface area (Å²) in [6.45, 7) is -3.01. The Hall–Kier alpha value is -3.69. The molecule has 214 valence electrons. The van der Waals surface area contributed by atoms with E-state index >= 15 is 0 Å². The van der Waals surface area contributed by atoms with Gasteiger partial charge >= 0.3 is 6.61 Å². The van der Waals surface area contributed by atoms with Gasteiger partial charge in [0.05, 0.1) is 11.5 Å². The molecular formula is C24H26F4N8O3S. The summed E-state index contributed by atoms with van der Waals surface area (Å²) in [5.74, 6) is -1.15. The number of rotatable bonds is 9. The van der Waals surface area contributed by atoms with Gasteiger partial charge in [0.25, 0.3) is 5.91 Å². The van der Waals surface area contributed by atoms with Crippen LogP contribution in [0.2, 0.25) is 0 Å². The molecule has 3 atom stereocenters. The molecule has 0 unspecified atom stereocenters. The lowest BCUT2D eigenvalue weighted by Crippen LogP contribution is -2.45. The summed E-state index contributed by atoms with van der Waals surface area (Å²) in [7, 11) is 1.56. The average Bonchev–Trinajstić information content (AvgIpc) is 3.16. The fraction of sp³-hybridized carbons (Fsp3) is 0.542. The maximum absolute atomic E-state index is 13.5. The van der Waals surface area contributed by atoms with Crippen LogP contribution in [0.1, 0.15) is 52.5 Å². The topological polar surface area (TPSA) is 128 Å². The first-order valence-corrected chi connectivity index (χ1v) is 13.7. The lowest BCUT2D eigenvalue weighted by molar-refractivity contribution is -0.117. The summed E-state index contributed by atoms with van der Waals surface area (Å²) in [4.78, 5) is 26.9. The largest absolute Gasteiger partial charge is 0.415 e. The summed E-state index contributed by atoms with van der Waals surface area (Å²) in [5, 5.41) is 21.0. The van der Waals surface area contributed by atoms with Crippen LogP contribution in [0.3, 0.4) is 0 Å².